The van der Waals surface area contributed by atoms with Crippen LogP contribution in [0.3, 0.4) is 0 Å². The molecule has 0 saturated heterocycles. The molecule has 2 aromatic rings. The molecule has 0 radical (unpaired) electrons. The van der Waals surface area contributed by atoms with E-state index in [0.29, 0.717) is 18.4 Å². The van der Waals surface area contributed by atoms with E-state index in [2.05, 4.69) is 22.6 Å². The van der Waals surface area contributed by atoms with Crippen molar-refractivity contribution in [1.29, 1.82) is 0 Å². The minimum Gasteiger partial charge on any atom is -1.00 e. The Bertz CT molecular complexity index is 502. The number of pyridine rings is 1. The summed E-state index contributed by atoms with van der Waals surface area (Å²) in [6.07, 6.45) is 4.00. The molecule has 0 aromatic carbocycles. The predicted molar refractivity (Wildman–Crippen MR) is 66.9 cm³/mol. The lowest BCUT2D eigenvalue weighted by Crippen LogP contribution is -3.00. The van der Waals surface area contributed by atoms with Crippen LogP contribution in [0.25, 0.3) is 11.3 Å². The third kappa shape index (κ3) is 3.88. The minimum atomic E-state index is 0. The van der Waals surface area contributed by atoms with Crippen molar-refractivity contribution < 1.29 is 33.3 Å². The maximum absolute atomic E-state index is 5.66. The van der Waals surface area contributed by atoms with Gasteiger partial charge in [0.15, 0.2) is 18.1 Å². The fraction of sp³-hybridized carbons (Fsp3) is 0.417. The lowest BCUT2D eigenvalue weighted by molar-refractivity contribution is -0.671. The Morgan fingerprint density at radius 1 is 1.39 bits per heavy atom. The Kier molecular flexibility index (Phi) is 5.94. The second-order valence-electron chi connectivity index (χ2n) is 4.38. The van der Waals surface area contributed by atoms with Crippen LogP contribution in [0, 0.1) is 5.92 Å². The second-order valence-corrected chi connectivity index (χ2v) is 4.91. The van der Waals surface area contributed by atoms with E-state index in [1.165, 1.54) is 11.7 Å². The van der Waals surface area contributed by atoms with Gasteiger partial charge in [-0.25, -0.2) is 4.57 Å². The number of halogens is 1. The summed E-state index contributed by atoms with van der Waals surface area (Å²) in [5.74, 6) is 1.12. The zero-order valence-corrected chi connectivity index (χ0v) is 13.6. The Balaban J connectivity index is 0.00000162. The highest BCUT2D eigenvalue weighted by molar-refractivity contribution is 6.99. The Hall–Kier alpha value is -0.760. The quantitative estimate of drug-likeness (QED) is 0.511. The summed E-state index contributed by atoms with van der Waals surface area (Å²) in [5, 5.41) is 0. The number of aromatic nitrogens is 3. The average Bonchev–Trinajstić information content (AvgIpc) is 2.74. The summed E-state index contributed by atoms with van der Waals surface area (Å²) in [7, 11) is 1.98. The van der Waals surface area contributed by atoms with Crippen molar-refractivity contribution in [1.82, 2.24) is 8.75 Å². The van der Waals surface area contributed by atoms with Gasteiger partial charge in [-0.2, -0.15) is 4.37 Å². The van der Waals surface area contributed by atoms with E-state index in [9.17, 15) is 0 Å². The van der Waals surface area contributed by atoms with Gasteiger partial charge in [-0.1, -0.05) is 13.8 Å². The maximum atomic E-state index is 5.66. The van der Waals surface area contributed by atoms with E-state index < -0.39 is 0 Å². The van der Waals surface area contributed by atoms with Crippen molar-refractivity contribution >= 4 is 11.7 Å². The van der Waals surface area contributed by atoms with Crippen LogP contribution in [0.2, 0.25) is 0 Å². The van der Waals surface area contributed by atoms with Gasteiger partial charge in [0.25, 0.3) is 5.88 Å². The second kappa shape index (κ2) is 6.98. The van der Waals surface area contributed by atoms with Gasteiger partial charge in [-0.15, -0.1) is 4.37 Å². The fourth-order valence-corrected chi connectivity index (χ4v) is 1.94. The summed E-state index contributed by atoms with van der Waals surface area (Å²) < 4.78 is 16.1. The topological polar surface area (TPSA) is 38.9 Å². The standard InChI is InChI=1S/C12H16N3OS.HI/c1-9(2)8-16-12-11(13-17-14-12)10-5-4-6-15(3)7-10;/h4-7,9H,8H2,1-3H3;1H/q+1;/p-1. The fourth-order valence-electron chi connectivity index (χ4n) is 1.43. The van der Waals surface area contributed by atoms with E-state index in [-0.39, 0.29) is 24.0 Å². The van der Waals surface area contributed by atoms with Gasteiger partial charge in [-0.3, -0.25) is 0 Å². The zero-order chi connectivity index (χ0) is 12.3. The van der Waals surface area contributed by atoms with Crippen molar-refractivity contribution in [3.8, 4) is 17.1 Å². The first-order valence-corrected chi connectivity index (χ1v) is 6.31. The first-order chi connectivity index (χ1) is 8.16. The van der Waals surface area contributed by atoms with Crippen LogP contribution in [0.4, 0.5) is 0 Å². The molecule has 0 bridgehead atoms. The van der Waals surface area contributed by atoms with Gasteiger partial charge in [0.2, 0.25) is 0 Å². The highest BCUT2D eigenvalue weighted by atomic mass is 127. The third-order valence-electron chi connectivity index (χ3n) is 2.22. The molecule has 4 nitrogen and oxygen atoms in total. The zero-order valence-electron chi connectivity index (χ0n) is 10.6. The molecule has 0 amide bonds. The summed E-state index contributed by atoms with van der Waals surface area (Å²) in [6.45, 7) is 4.89. The summed E-state index contributed by atoms with van der Waals surface area (Å²) in [5.41, 5.74) is 1.86. The van der Waals surface area contributed by atoms with Crippen LogP contribution in [0.5, 0.6) is 5.88 Å². The lowest BCUT2D eigenvalue weighted by atomic mass is 10.2. The normalized spacial score (nSPS) is 10.2. The molecule has 0 aliphatic carbocycles. The lowest BCUT2D eigenvalue weighted by Gasteiger charge is -2.06. The first kappa shape index (κ1) is 15.3. The van der Waals surface area contributed by atoms with Gasteiger partial charge < -0.3 is 28.7 Å². The third-order valence-corrected chi connectivity index (χ3v) is 2.74. The number of ether oxygens (including phenoxy) is 1. The maximum Gasteiger partial charge on any atom is 0.254 e. The van der Waals surface area contributed by atoms with Crippen LogP contribution in [-0.2, 0) is 7.05 Å². The van der Waals surface area contributed by atoms with Gasteiger partial charge in [-0.05, 0) is 12.0 Å². The van der Waals surface area contributed by atoms with E-state index in [1.54, 1.807) is 0 Å². The van der Waals surface area contributed by atoms with Gasteiger partial charge in [0.05, 0.1) is 23.9 Å². The number of rotatable bonds is 4. The van der Waals surface area contributed by atoms with Crippen molar-refractivity contribution in [2.24, 2.45) is 13.0 Å². The van der Waals surface area contributed by atoms with Crippen molar-refractivity contribution in [2.75, 3.05) is 6.61 Å². The van der Waals surface area contributed by atoms with Crippen LogP contribution >= 0.6 is 11.7 Å². The molecular weight excluding hydrogens is 361 g/mol. The summed E-state index contributed by atoms with van der Waals surface area (Å²) >= 11 is 1.18. The predicted octanol–water partition coefficient (Wildman–Crippen LogP) is -0.932. The first-order valence-electron chi connectivity index (χ1n) is 5.58. The SMILES string of the molecule is CC(C)COc1nsnc1-c1ccc[n+](C)c1.[I-]. The summed E-state index contributed by atoms with van der Waals surface area (Å²) in [6, 6.07) is 4.00. The molecule has 0 aliphatic heterocycles. The molecule has 0 saturated carbocycles. The van der Waals surface area contributed by atoms with Crippen molar-refractivity contribution in [3.05, 3.63) is 24.5 Å². The largest absolute Gasteiger partial charge is 1.00 e. The van der Waals surface area contributed by atoms with Crippen LogP contribution in [-0.4, -0.2) is 15.4 Å². The molecular formula is C12H16IN3OS. The van der Waals surface area contributed by atoms with E-state index in [4.69, 9.17) is 4.74 Å². The molecule has 18 heavy (non-hydrogen) atoms. The molecule has 0 unspecified atom stereocenters. The average molecular weight is 377 g/mol. The Labute approximate surface area is 128 Å². The van der Waals surface area contributed by atoms with Crippen molar-refractivity contribution in [3.63, 3.8) is 0 Å². The van der Waals surface area contributed by atoms with Crippen LogP contribution < -0.4 is 33.3 Å². The van der Waals surface area contributed by atoms with Crippen LogP contribution in [0.1, 0.15) is 13.8 Å². The number of hydrogen-bond donors (Lipinski definition) is 0. The number of nitrogens with zero attached hydrogens (tertiary/aromatic N) is 3. The van der Waals surface area contributed by atoms with Gasteiger partial charge in [0, 0.05) is 6.07 Å². The molecule has 2 heterocycles. The molecule has 0 atom stereocenters. The molecule has 98 valence electrons. The van der Waals surface area contributed by atoms with E-state index in [0.717, 1.165) is 11.3 Å². The molecule has 0 spiro atoms. The highest BCUT2D eigenvalue weighted by Crippen LogP contribution is 2.26. The van der Waals surface area contributed by atoms with Crippen LogP contribution in [0.15, 0.2) is 24.5 Å². The van der Waals surface area contributed by atoms with E-state index >= 15 is 0 Å². The molecule has 2 rings (SSSR count). The molecule has 0 fully saturated rings. The Morgan fingerprint density at radius 3 is 2.83 bits per heavy atom. The molecule has 6 heteroatoms. The van der Waals surface area contributed by atoms with Gasteiger partial charge >= 0.3 is 0 Å². The summed E-state index contributed by atoms with van der Waals surface area (Å²) in [4.78, 5) is 0. The molecule has 2 aromatic heterocycles. The molecule has 0 N–H and O–H groups in total. The highest BCUT2D eigenvalue weighted by Gasteiger charge is 2.14. The minimum absolute atomic E-state index is 0. The van der Waals surface area contributed by atoms with Gasteiger partial charge in [0.1, 0.15) is 7.05 Å². The smallest absolute Gasteiger partial charge is 0.254 e. The van der Waals surface area contributed by atoms with Crippen molar-refractivity contribution in [2.45, 2.75) is 13.8 Å². The Morgan fingerprint density at radius 2 is 2.17 bits per heavy atom. The number of hydrogen-bond acceptors (Lipinski definition) is 4. The van der Waals surface area contributed by atoms with E-state index in [1.807, 2.05) is 36.1 Å². The molecule has 0 aliphatic rings. The monoisotopic (exact) mass is 377 g/mol. The number of aryl methyl sites for hydroxylation is 1.